The number of nitrogen functional groups attached to an aromatic ring is 1. The molecule has 0 aromatic heterocycles. The van der Waals surface area contributed by atoms with Gasteiger partial charge in [0, 0.05) is 23.8 Å². The third kappa shape index (κ3) is 3.70. The van der Waals surface area contributed by atoms with Crippen molar-refractivity contribution >= 4 is 11.5 Å². The Kier molecular flexibility index (Phi) is 5.83. The summed E-state index contributed by atoms with van der Waals surface area (Å²) in [5, 5.41) is 16.7. The highest BCUT2D eigenvalue weighted by Crippen LogP contribution is 2.25. The second kappa shape index (κ2) is 7.14. The number of hydrogen-bond donors (Lipinski definition) is 3. The van der Waals surface area contributed by atoms with Crippen LogP contribution in [0.5, 0.6) is 0 Å². The Balaban J connectivity index is 3.12. The van der Waals surface area contributed by atoms with Crippen molar-refractivity contribution in [3.63, 3.8) is 0 Å². The van der Waals surface area contributed by atoms with Crippen LogP contribution < -0.4 is 10.6 Å². The van der Waals surface area contributed by atoms with Gasteiger partial charge >= 0.3 is 0 Å². The average Bonchev–Trinajstić information content (AvgIpc) is 2.39. The fourth-order valence-electron chi connectivity index (χ4n) is 2.48. The lowest BCUT2D eigenvalue weighted by Gasteiger charge is -2.33. The van der Waals surface area contributed by atoms with Crippen LogP contribution in [0.4, 0.5) is 5.69 Å². The van der Waals surface area contributed by atoms with Gasteiger partial charge in [-0.05, 0) is 43.5 Å². The highest BCUT2D eigenvalue weighted by molar-refractivity contribution is 5.95. The van der Waals surface area contributed by atoms with Gasteiger partial charge in [-0.3, -0.25) is 5.41 Å². The highest BCUT2D eigenvalue weighted by Gasteiger charge is 2.17. The second-order valence-electron chi connectivity index (χ2n) is 4.80. The zero-order chi connectivity index (χ0) is 14.4. The molecule has 0 heterocycles. The van der Waals surface area contributed by atoms with E-state index in [4.69, 9.17) is 11.1 Å². The van der Waals surface area contributed by atoms with Gasteiger partial charge < -0.3 is 15.7 Å². The van der Waals surface area contributed by atoms with Crippen LogP contribution in [0, 0.1) is 12.3 Å². The van der Waals surface area contributed by atoms with Crippen molar-refractivity contribution in [2.45, 2.75) is 39.7 Å². The van der Waals surface area contributed by atoms with Gasteiger partial charge in [-0.1, -0.05) is 13.8 Å². The zero-order valence-corrected chi connectivity index (χ0v) is 12.1. The lowest BCUT2D eigenvalue weighted by molar-refractivity contribution is 0.296. The first-order valence-electron chi connectivity index (χ1n) is 6.87. The maximum absolute atomic E-state index is 9.28. The van der Waals surface area contributed by atoms with Gasteiger partial charge in [0.05, 0.1) is 6.61 Å². The van der Waals surface area contributed by atoms with Crippen molar-refractivity contribution in [3.8, 4) is 0 Å². The lowest BCUT2D eigenvalue weighted by Crippen LogP contribution is -2.37. The van der Waals surface area contributed by atoms with Gasteiger partial charge in [-0.15, -0.1) is 0 Å². The van der Waals surface area contributed by atoms with E-state index in [9.17, 15) is 5.11 Å². The number of aliphatic hydroxyl groups excluding tert-OH is 1. The molecule has 4 heteroatoms. The zero-order valence-electron chi connectivity index (χ0n) is 12.1. The molecule has 1 aromatic carbocycles. The SMILES string of the molecule is CCC(CC)N(CCO)c1ccc(C(=N)N)cc1C. The second-order valence-corrected chi connectivity index (χ2v) is 4.80. The monoisotopic (exact) mass is 263 g/mol. The van der Waals surface area contributed by atoms with Gasteiger partial charge in [0.25, 0.3) is 0 Å². The van der Waals surface area contributed by atoms with Crippen LogP contribution in [0.15, 0.2) is 18.2 Å². The van der Waals surface area contributed by atoms with Crippen molar-refractivity contribution in [1.29, 1.82) is 5.41 Å². The molecule has 0 spiro atoms. The van der Waals surface area contributed by atoms with Gasteiger partial charge in [-0.25, -0.2) is 0 Å². The van der Waals surface area contributed by atoms with E-state index in [-0.39, 0.29) is 12.4 Å². The van der Waals surface area contributed by atoms with Crippen LogP contribution in [0.3, 0.4) is 0 Å². The Bertz CT molecular complexity index is 427. The molecule has 0 atom stereocenters. The Morgan fingerprint density at radius 2 is 2.00 bits per heavy atom. The molecule has 19 heavy (non-hydrogen) atoms. The molecule has 0 saturated carbocycles. The summed E-state index contributed by atoms with van der Waals surface area (Å²) in [6.07, 6.45) is 2.09. The standard InChI is InChI=1S/C15H25N3O/c1-4-13(5-2)18(8-9-19)14-7-6-12(15(16)17)10-11(14)3/h6-7,10,13,19H,4-5,8-9H2,1-3H3,(H3,16,17). The Hall–Kier alpha value is -1.55. The van der Waals surface area contributed by atoms with Crippen LogP contribution in [-0.2, 0) is 0 Å². The minimum absolute atomic E-state index is 0.0888. The normalized spacial score (nSPS) is 10.8. The molecule has 0 aliphatic rings. The fourth-order valence-corrected chi connectivity index (χ4v) is 2.48. The summed E-state index contributed by atoms with van der Waals surface area (Å²) in [5.41, 5.74) is 8.46. The Labute approximate surface area is 115 Å². The molecule has 4 N–H and O–H groups in total. The maximum Gasteiger partial charge on any atom is 0.122 e. The number of benzene rings is 1. The molecule has 106 valence electrons. The van der Waals surface area contributed by atoms with Gasteiger partial charge in [0.2, 0.25) is 0 Å². The third-order valence-corrected chi connectivity index (χ3v) is 3.54. The summed E-state index contributed by atoms with van der Waals surface area (Å²) in [7, 11) is 0. The van der Waals surface area contributed by atoms with E-state index in [1.54, 1.807) is 0 Å². The number of aryl methyl sites for hydroxylation is 1. The van der Waals surface area contributed by atoms with Gasteiger partial charge in [0.15, 0.2) is 0 Å². The third-order valence-electron chi connectivity index (χ3n) is 3.54. The molecule has 0 bridgehead atoms. The summed E-state index contributed by atoms with van der Waals surface area (Å²) in [6, 6.07) is 6.23. The number of aliphatic hydroxyl groups is 1. The van der Waals surface area contributed by atoms with Crippen LogP contribution >= 0.6 is 0 Å². The first-order chi connectivity index (χ1) is 9.04. The molecule has 0 radical (unpaired) electrons. The fraction of sp³-hybridized carbons (Fsp3) is 0.533. The summed E-state index contributed by atoms with van der Waals surface area (Å²) in [5.74, 6) is 0.0888. The van der Waals surface area contributed by atoms with E-state index in [1.807, 2.05) is 25.1 Å². The molecule has 0 aliphatic carbocycles. The molecule has 0 fully saturated rings. The molecule has 4 nitrogen and oxygen atoms in total. The van der Waals surface area contributed by atoms with E-state index in [0.717, 1.165) is 29.7 Å². The predicted octanol–water partition coefficient (Wildman–Crippen LogP) is 2.27. The first-order valence-corrected chi connectivity index (χ1v) is 6.87. The van der Waals surface area contributed by atoms with E-state index < -0.39 is 0 Å². The minimum Gasteiger partial charge on any atom is -0.395 e. The molecule has 1 aromatic rings. The van der Waals surface area contributed by atoms with E-state index in [2.05, 4.69) is 18.7 Å². The first kappa shape index (κ1) is 15.5. The van der Waals surface area contributed by atoms with E-state index in [0.29, 0.717) is 12.6 Å². The number of hydrogen-bond acceptors (Lipinski definition) is 3. The van der Waals surface area contributed by atoms with Crippen molar-refractivity contribution in [3.05, 3.63) is 29.3 Å². The van der Waals surface area contributed by atoms with Crippen molar-refractivity contribution in [1.82, 2.24) is 0 Å². The topological polar surface area (TPSA) is 73.3 Å². The number of nitrogens with one attached hydrogen (secondary N) is 1. The van der Waals surface area contributed by atoms with Crippen molar-refractivity contribution in [2.24, 2.45) is 5.73 Å². The molecular formula is C15H25N3O. The largest absolute Gasteiger partial charge is 0.395 e. The number of anilines is 1. The number of rotatable bonds is 7. The summed E-state index contributed by atoms with van der Waals surface area (Å²) in [6.45, 7) is 7.13. The highest BCUT2D eigenvalue weighted by atomic mass is 16.3. The minimum atomic E-state index is 0.0888. The van der Waals surface area contributed by atoms with Crippen molar-refractivity contribution in [2.75, 3.05) is 18.1 Å². The van der Waals surface area contributed by atoms with E-state index in [1.165, 1.54) is 0 Å². The Morgan fingerprint density at radius 1 is 1.37 bits per heavy atom. The predicted molar refractivity (Wildman–Crippen MR) is 81.0 cm³/mol. The van der Waals surface area contributed by atoms with E-state index >= 15 is 0 Å². The molecular weight excluding hydrogens is 238 g/mol. The maximum atomic E-state index is 9.28. The van der Waals surface area contributed by atoms with Crippen LogP contribution in [0.25, 0.3) is 0 Å². The molecule has 0 aliphatic heterocycles. The molecule has 0 amide bonds. The average molecular weight is 263 g/mol. The van der Waals surface area contributed by atoms with Crippen molar-refractivity contribution < 1.29 is 5.11 Å². The number of nitrogens with zero attached hydrogens (tertiary/aromatic N) is 1. The van der Waals surface area contributed by atoms with Crippen LogP contribution in [0.1, 0.15) is 37.8 Å². The molecule has 0 unspecified atom stereocenters. The van der Waals surface area contributed by atoms with Crippen LogP contribution in [0.2, 0.25) is 0 Å². The molecule has 0 saturated heterocycles. The summed E-state index contributed by atoms with van der Waals surface area (Å²) < 4.78 is 0. The Morgan fingerprint density at radius 3 is 2.42 bits per heavy atom. The summed E-state index contributed by atoms with van der Waals surface area (Å²) in [4.78, 5) is 2.25. The quantitative estimate of drug-likeness (QED) is 0.522. The lowest BCUT2D eigenvalue weighted by atomic mass is 10.0. The van der Waals surface area contributed by atoms with Gasteiger partial charge in [0.1, 0.15) is 5.84 Å². The number of nitrogens with two attached hydrogens (primary N) is 1. The van der Waals surface area contributed by atoms with Crippen LogP contribution in [-0.4, -0.2) is 30.1 Å². The summed E-state index contributed by atoms with van der Waals surface area (Å²) >= 11 is 0. The smallest absolute Gasteiger partial charge is 0.122 e. The number of amidine groups is 1. The van der Waals surface area contributed by atoms with Gasteiger partial charge in [-0.2, -0.15) is 0 Å². The molecule has 1 rings (SSSR count).